The third-order valence-electron chi connectivity index (χ3n) is 2.01. The maximum atomic E-state index is 11.5. The first-order valence-electron chi connectivity index (χ1n) is 5.19. The number of nitrogens with zero attached hydrogens (tertiary/aromatic N) is 2. The van der Waals surface area contributed by atoms with Gasteiger partial charge >= 0.3 is 5.97 Å². The average molecular weight is 211 g/mol. The lowest BCUT2D eigenvalue weighted by Gasteiger charge is -2.05. The summed E-state index contributed by atoms with van der Waals surface area (Å²) in [7, 11) is 0. The summed E-state index contributed by atoms with van der Waals surface area (Å²) in [6.07, 6.45) is 2.01. The van der Waals surface area contributed by atoms with Crippen molar-refractivity contribution in [1.29, 1.82) is 0 Å². The van der Waals surface area contributed by atoms with Gasteiger partial charge in [0.25, 0.3) is 0 Å². The van der Waals surface area contributed by atoms with E-state index in [0.29, 0.717) is 24.7 Å². The van der Waals surface area contributed by atoms with Gasteiger partial charge in [0, 0.05) is 12.6 Å². The summed E-state index contributed by atoms with van der Waals surface area (Å²) in [5.74, 6) is -0.00745. The van der Waals surface area contributed by atoms with Gasteiger partial charge in [0.1, 0.15) is 11.5 Å². The lowest BCUT2D eigenvalue weighted by molar-refractivity contribution is 0.0511. The third-order valence-corrected chi connectivity index (χ3v) is 2.01. The topological polar surface area (TPSA) is 70.1 Å². The molecule has 0 aliphatic heterocycles. The molecule has 0 unspecified atom stereocenters. The molecule has 1 aromatic rings. The molecule has 1 aromatic heterocycles. The van der Waals surface area contributed by atoms with E-state index in [9.17, 15) is 4.79 Å². The van der Waals surface area contributed by atoms with Crippen molar-refractivity contribution in [2.24, 2.45) is 0 Å². The first-order chi connectivity index (χ1) is 7.19. The second kappa shape index (κ2) is 5.38. The van der Waals surface area contributed by atoms with E-state index in [0.717, 1.165) is 12.8 Å². The van der Waals surface area contributed by atoms with Crippen LogP contribution >= 0.6 is 0 Å². The number of esters is 1. The number of unbranched alkanes of at least 4 members (excludes halogenated alkanes) is 1. The van der Waals surface area contributed by atoms with E-state index in [1.807, 2.05) is 0 Å². The second-order valence-electron chi connectivity index (χ2n) is 3.25. The molecule has 5 nitrogen and oxygen atoms in total. The van der Waals surface area contributed by atoms with E-state index >= 15 is 0 Å². The van der Waals surface area contributed by atoms with Crippen LogP contribution in [0.2, 0.25) is 0 Å². The predicted octanol–water partition coefficient (Wildman–Crippen LogP) is 1.44. The van der Waals surface area contributed by atoms with Crippen LogP contribution in [0.15, 0.2) is 6.07 Å². The molecule has 2 N–H and O–H groups in total. The Morgan fingerprint density at radius 1 is 1.60 bits per heavy atom. The molecule has 0 aromatic carbocycles. The van der Waals surface area contributed by atoms with Gasteiger partial charge in [-0.3, -0.25) is 4.68 Å². The van der Waals surface area contributed by atoms with E-state index in [-0.39, 0.29) is 5.97 Å². The van der Waals surface area contributed by atoms with Gasteiger partial charge in [0.15, 0.2) is 0 Å². The summed E-state index contributed by atoms with van der Waals surface area (Å²) < 4.78 is 6.51. The Morgan fingerprint density at radius 3 is 2.93 bits per heavy atom. The number of carbonyl (C=O) groups is 1. The summed E-state index contributed by atoms with van der Waals surface area (Å²) in [6, 6.07) is 1.55. The highest BCUT2D eigenvalue weighted by molar-refractivity contribution is 5.88. The van der Waals surface area contributed by atoms with Crippen molar-refractivity contribution in [3.63, 3.8) is 0 Å². The zero-order valence-corrected chi connectivity index (χ0v) is 9.19. The van der Waals surface area contributed by atoms with Crippen LogP contribution < -0.4 is 5.73 Å². The zero-order valence-electron chi connectivity index (χ0n) is 9.19. The van der Waals surface area contributed by atoms with Gasteiger partial charge in [-0.15, -0.1) is 0 Å². The number of carbonyl (C=O) groups excluding carboxylic acids is 1. The van der Waals surface area contributed by atoms with Crippen LogP contribution in [-0.4, -0.2) is 22.4 Å². The SMILES string of the molecule is CCCCn1nc(N)cc1C(=O)OCC. The Hall–Kier alpha value is -1.52. The molecule has 5 heteroatoms. The molecule has 0 aliphatic carbocycles. The molecule has 0 spiro atoms. The van der Waals surface area contributed by atoms with Crippen molar-refractivity contribution in [3.8, 4) is 0 Å². The smallest absolute Gasteiger partial charge is 0.356 e. The summed E-state index contributed by atoms with van der Waals surface area (Å²) in [6.45, 7) is 4.91. The maximum absolute atomic E-state index is 11.5. The molecule has 1 rings (SSSR count). The largest absolute Gasteiger partial charge is 0.461 e. The van der Waals surface area contributed by atoms with E-state index in [4.69, 9.17) is 10.5 Å². The second-order valence-corrected chi connectivity index (χ2v) is 3.25. The van der Waals surface area contributed by atoms with Gasteiger partial charge in [0.05, 0.1) is 6.61 Å². The van der Waals surface area contributed by atoms with Gasteiger partial charge < -0.3 is 10.5 Å². The average Bonchev–Trinajstić information content (AvgIpc) is 2.57. The van der Waals surface area contributed by atoms with Crippen LogP contribution in [0.5, 0.6) is 0 Å². The Bertz CT molecular complexity index is 333. The van der Waals surface area contributed by atoms with Crippen molar-refractivity contribution in [1.82, 2.24) is 9.78 Å². The number of aryl methyl sites for hydroxylation is 1. The lowest BCUT2D eigenvalue weighted by Crippen LogP contribution is -2.13. The number of nitrogens with two attached hydrogens (primary N) is 1. The molecule has 1 heterocycles. The fourth-order valence-electron chi connectivity index (χ4n) is 1.28. The molecule has 0 amide bonds. The van der Waals surface area contributed by atoms with Crippen molar-refractivity contribution in [2.75, 3.05) is 12.3 Å². The van der Waals surface area contributed by atoms with Crippen LogP contribution in [0.25, 0.3) is 0 Å². The quantitative estimate of drug-likeness (QED) is 0.748. The molecular formula is C10H17N3O2. The number of hydrogen-bond donors (Lipinski definition) is 1. The van der Waals surface area contributed by atoms with Crippen LogP contribution in [-0.2, 0) is 11.3 Å². The van der Waals surface area contributed by atoms with Gasteiger partial charge in [-0.05, 0) is 13.3 Å². The Kier molecular flexibility index (Phi) is 4.15. The molecule has 0 saturated heterocycles. The summed E-state index contributed by atoms with van der Waals surface area (Å²) in [5, 5.41) is 4.05. The van der Waals surface area contributed by atoms with Gasteiger partial charge in [-0.2, -0.15) is 5.10 Å². The van der Waals surface area contributed by atoms with Crippen LogP contribution in [0.3, 0.4) is 0 Å². The Labute approximate surface area is 89.2 Å². The third kappa shape index (κ3) is 2.97. The number of rotatable bonds is 5. The summed E-state index contributed by atoms with van der Waals surface area (Å²) in [5.41, 5.74) is 5.98. The number of nitrogen functional groups attached to an aromatic ring is 1. The number of ether oxygens (including phenoxy) is 1. The van der Waals surface area contributed by atoms with Crippen LogP contribution in [0.4, 0.5) is 5.82 Å². The van der Waals surface area contributed by atoms with Crippen molar-refractivity contribution >= 4 is 11.8 Å². The minimum Gasteiger partial charge on any atom is -0.461 e. The van der Waals surface area contributed by atoms with Crippen LogP contribution in [0.1, 0.15) is 37.2 Å². The predicted molar refractivity (Wildman–Crippen MR) is 57.5 cm³/mol. The van der Waals surface area contributed by atoms with Gasteiger partial charge in [-0.25, -0.2) is 4.79 Å². The van der Waals surface area contributed by atoms with E-state index in [2.05, 4.69) is 12.0 Å². The lowest BCUT2D eigenvalue weighted by atomic mass is 10.3. The molecule has 0 saturated carbocycles. The highest BCUT2D eigenvalue weighted by Gasteiger charge is 2.14. The Balaban J connectivity index is 2.80. The molecule has 0 bridgehead atoms. The van der Waals surface area contributed by atoms with Crippen molar-refractivity contribution in [3.05, 3.63) is 11.8 Å². The van der Waals surface area contributed by atoms with Crippen molar-refractivity contribution < 1.29 is 9.53 Å². The summed E-state index contributed by atoms with van der Waals surface area (Å²) >= 11 is 0. The molecular weight excluding hydrogens is 194 g/mol. The zero-order chi connectivity index (χ0) is 11.3. The molecule has 84 valence electrons. The number of hydrogen-bond acceptors (Lipinski definition) is 4. The van der Waals surface area contributed by atoms with E-state index in [1.165, 1.54) is 0 Å². The molecule has 0 atom stereocenters. The molecule has 15 heavy (non-hydrogen) atoms. The standard InChI is InChI=1S/C10H17N3O2/c1-3-5-6-13-8(7-9(11)12-13)10(14)15-4-2/h7H,3-6H2,1-2H3,(H2,11,12). The van der Waals surface area contributed by atoms with E-state index < -0.39 is 0 Å². The summed E-state index contributed by atoms with van der Waals surface area (Å²) in [4.78, 5) is 11.5. The first kappa shape index (κ1) is 11.6. The van der Waals surface area contributed by atoms with Gasteiger partial charge in [0.2, 0.25) is 0 Å². The molecule has 0 radical (unpaired) electrons. The highest BCUT2D eigenvalue weighted by atomic mass is 16.5. The van der Waals surface area contributed by atoms with E-state index in [1.54, 1.807) is 17.7 Å². The van der Waals surface area contributed by atoms with Crippen molar-refractivity contribution in [2.45, 2.75) is 33.2 Å². The van der Waals surface area contributed by atoms with Crippen LogP contribution in [0, 0.1) is 0 Å². The fraction of sp³-hybridized carbons (Fsp3) is 0.600. The minimum absolute atomic E-state index is 0.356. The fourth-order valence-corrected chi connectivity index (χ4v) is 1.28. The monoisotopic (exact) mass is 211 g/mol. The normalized spacial score (nSPS) is 10.3. The molecule has 0 aliphatic rings. The highest BCUT2D eigenvalue weighted by Crippen LogP contribution is 2.09. The van der Waals surface area contributed by atoms with Gasteiger partial charge in [-0.1, -0.05) is 13.3 Å². The number of anilines is 1. The molecule has 0 fully saturated rings. The number of aromatic nitrogens is 2. The minimum atomic E-state index is -0.363. The first-order valence-corrected chi connectivity index (χ1v) is 5.19. The Morgan fingerprint density at radius 2 is 2.33 bits per heavy atom. The maximum Gasteiger partial charge on any atom is 0.356 e.